The first kappa shape index (κ1) is 18.1. The minimum atomic E-state index is -0.416. The topological polar surface area (TPSA) is 78.8 Å². The van der Waals surface area contributed by atoms with Gasteiger partial charge in [0, 0.05) is 40.0 Å². The number of rotatable bonds is 3. The van der Waals surface area contributed by atoms with E-state index in [1.54, 1.807) is 24.5 Å². The number of carbonyl (C=O) groups excluding carboxylic acids is 1. The molecule has 2 heterocycles. The summed E-state index contributed by atoms with van der Waals surface area (Å²) in [6, 6.07) is 17.1. The van der Waals surface area contributed by atoms with Crippen LogP contribution in [0.25, 0.3) is 10.9 Å². The van der Waals surface area contributed by atoms with E-state index < -0.39 is 5.41 Å². The summed E-state index contributed by atoms with van der Waals surface area (Å²) in [4.78, 5) is 20.8. The van der Waals surface area contributed by atoms with Crippen LogP contribution >= 0.6 is 0 Å². The standard InChI is InChI=1S/C25H19N3O2/c1-25(2)20-12-17(30-14-15-7-9-27-10-8-15)4-6-18(20)23(29)22-19-5-3-16(13-26)11-21(19)28-24(22)25/h3-12,28H,14H2,1-2H3. The second kappa shape index (κ2) is 6.57. The molecule has 0 atom stereocenters. The van der Waals surface area contributed by atoms with E-state index in [1.807, 2.05) is 36.4 Å². The largest absolute Gasteiger partial charge is 0.489 e. The maximum atomic E-state index is 13.4. The van der Waals surface area contributed by atoms with Gasteiger partial charge in [0.25, 0.3) is 0 Å². The molecule has 1 aliphatic carbocycles. The van der Waals surface area contributed by atoms with Crippen LogP contribution in [0, 0.1) is 11.3 Å². The Balaban J connectivity index is 1.58. The molecule has 0 amide bonds. The van der Waals surface area contributed by atoms with Crippen LogP contribution in [0.2, 0.25) is 0 Å². The van der Waals surface area contributed by atoms with Crippen LogP contribution in [0.1, 0.15) is 52.2 Å². The molecule has 1 aliphatic rings. The molecule has 0 saturated heterocycles. The molecule has 5 nitrogen and oxygen atoms in total. The quantitative estimate of drug-likeness (QED) is 0.538. The third-order valence-electron chi connectivity index (χ3n) is 5.84. The number of hydrogen-bond acceptors (Lipinski definition) is 4. The Morgan fingerprint density at radius 3 is 2.67 bits per heavy atom. The van der Waals surface area contributed by atoms with Gasteiger partial charge < -0.3 is 9.72 Å². The van der Waals surface area contributed by atoms with E-state index in [-0.39, 0.29) is 5.78 Å². The van der Waals surface area contributed by atoms with Crippen molar-refractivity contribution in [2.24, 2.45) is 0 Å². The molecule has 0 radical (unpaired) electrons. The Hall–Kier alpha value is -3.91. The Morgan fingerprint density at radius 2 is 1.90 bits per heavy atom. The molecule has 146 valence electrons. The summed E-state index contributed by atoms with van der Waals surface area (Å²) in [6.07, 6.45) is 3.48. The molecular formula is C25H19N3O2. The summed E-state index contributed by atoms with van der Waals surface area (Å²) in [5, 5.41) is 10.1. The number of ketones is 1. The fraction of sp³-hybridized carbons (Fsp3) is 0.160. The molecule has 5 heteroatoms. The van der Waals surface area contributed by atoms with Gasteiger partial charge in [-0.05, 0) is 53.6 Å². The molecule has 0 unspecified atom stereocenters. The fourth-order valence-corrected chi connectivity index (χ4v) is 4.21. The van der Waals surface area contributed by atoms with Crippen LogP contribution in [0.4, 0.5) is 0 Å². The van der Waals surface area contributed by atoms with Gasteiger partial charge in [-0.15, -0.1) is 0 Å². The zero-order valence-electron chi connectivity index (χ0n) is 16.7. The Kier molecular flexibility index (Phi) is 3.97. The Bertz CT molecular complexity index is 1340. The minimum Gasteiger partial charge on any atom is -0.489 e. The normalized spacial score (nSPS) is 14.1. The lowest BCUT2D eigenvalue weighted by Crippen LogP contribution is -2.30. The minimum absolute atomic E-state index is 0.00373. The molecule has 5 rings (SSSR count). The molecular weight excluding hydrogens is 374 g/mol. The Morgan fingerprint density at radius 1 is 1.10 bits per heavy atom. The van der Waals surface area contributed by atoms with Gasteiger partial charge in [-0.1, -0.05) is 19.9 Å². The monoisotopic (exact) mass is 393 g/mol. The molecule has 0 aliphatic heterocycles. The summed E-state index contributed by atoms with van der Waals surface area (Å²) in [6.45, 7) is 4.64. The molecule has 4 aromatic rings. The lowest BCUT2D eigenvalue weighted by Gasteiger charge is -2.32. The molecule has 0 saturated carbocycles. The first-order valence-electron chi connectivity index (χ1n) is 9.76. The summed E-state index contributed by atoms with van der Waals surface area (Å²) in [5.41, 5.74) is 5.17. The number of nitriles is 1. The maximum absolute atomic E-state index is 13.4. The van der Waals surface area contributed by atoms with Crippen LogP contribution in [-0.4, -0.2) is 15.8 Å². The van der Waals surface area contributed by atoms with Gasteiger partial charge in [-0.2, -0.15) is 5.26 Å². The van der Waals surface area contributed by atoms with E-state index in [2.05, 4.69) is 29.9 Å². The second-order valence-electron chi connectivity index (χ2n) is 8.05. The van der Waals surface area contributed by atoms with Crippen molar-refractivity contribution in [3.63, 3.8) is 0 Å². The third-order valence-corrected chi connectivity index (χ3v) is 5.84. The zero-order chi connectivity index (χ0) is 20.9. The number of fused-ring (bicyclic) bond motifs is 4. The Labute approximate surface area is 174 Å². The van der Waals surface area contributed by atoms with E-state index in [9.17, 15) is 10.1 Å². The summed E-state index contributed by atoms with van der Waals surface area (Å²) >= 11 is 0. The highest BCUT2D eigenvalue weighted by atomic mass is 16.5. The van der Waals surface area contributed by atoms with Crippen molar-refractivity contribution in [3.8, 4) is 11.8 Å². The molecule has 2 aromatic carbocycles. The van der Waals surface area contributed by atoms with Crippen LogP contribution < -0.4 is 4.74 Å². The maximum Gasteiger partial charge on any atom is 0.195 e. The predicted octanol–water partition coefficient (Wildman–Crippen LogP) is 4.88. The molecule has 0 spiro atoms. The van der Waals surface area contributed by atoms with Crippen molar-refractivity contribution < 1.29 is 9.53 Å². The predicted molar refractivity (Wildman–Crippen MR) is 114 cm³/mol. The van der Waals surface area contributed by atoms with Crippen LogP contribution in [0.5, 0.6) is 5.75 Å². The number of hydrogen-bond donors (Lipinski definition) is 1. The van der Waals surface area contributed by atoms with Crippen molar-refractivity contribution >= 4 is 16.7 Å². The van der Waals surface area contributed by atoms with E-state index >= 15 is 0 Å². The summed E-state index contributed by atoms with van der Waals surface area (Å²) in [7, 11) is 0. The highest BCUT2D eigenvalue weighted by Gasteiger charge is 2.39. The average molecular weight is 393 g/mol. The van der Waals surface area contributed by atoms with Gasteiger partial charge in [0.15, 0.2) is 5.78 Å². The molecule has 30 heavy (non-hydrogen) atoms. The molecule has 0 fully saturated rings. The summed E-state index contributed by atoms with van der Waals surface area (Å²) < 4.78 is 5.98. The second-order valence-corrected chi connectivity index (χ2v) is 8.05. The van der Waals surface area contributed by atoms with Crippen LogP contribution in [-0.2, 0) is 12.0 Å². The molecule has 2 aromatic heterocycles. The SMILES string of the molecule is CC1(C)c2cc(OCc3ccncc3)ccc2C(=O)c2c1[nH]c1cc(C#N)ccc21. The fourth-order valence-electron chi connectivity index (χ4n) is 4.21. The number of pyridine rings is 1. The highest BCUT2D eigenvalue weighted by Crippen LogP contribution is 2.44. The van der Waals surface area contributed by atoms with Gasteiger partial charge in [-0.3, -0.25) is 9.78 Å². The van der Waals surface area contributed by atoms with Crippen molar-refractivity contribution in [2.75, 3.05) is 0 Å². The van der Waals surface area contributed by atoms with Gasteiger partial charge in [0.1, 0.15) is 12.4 Å². The smallest absolute Gasteiger partial charge is 0.195 e. The van der Waals surface area contributed by atoms with Crippen molar-refractivity contribution in [1.29, 1.82) is 5.26 Å². The number of aromatic nitrogens is 2. The van der Waals surface area contributed by atoms with E-state index in [0.29, 0.717) is 23.3 Å². The number of ether oxygens (including phenoxy) is 1. The first-order valence-corrected chi connectivity index (χ1v) is 9.76. The molecule has 1 N–H and O–H groups in total. The number of nitrogens with zero attached hydrogens (tertiary/aromatic N) is 2. The van der Waals surface area contributed by atoms with Crippen molar-refractivity contribution in [1.82, 2.24) is 9.97 Å². The molecule has 0 bridgehead atoms. The average Bonchev–Trinajstić information content (AvgIpc) is 3.17. The van der Waals surface area contributed by atoms with E-state index in [0.717, 1.165) is 33.5 Å². The van der Waals surface area contributed by atoms with E-state index in [4.69, 9.17) is 4.74 Å². The third kappa shape index (κ3) is 2.69. The highest BCUT2D eigenvalue weighted by molar-refractivity contribution is 6.20. The first-order chi connectivity index (χ1) is 14.5. The zero-order valence-corrected chi connectivity index (χ0v) is 16.7. The van der Waals surface area contributed by atoms with Gasteiger partial charge >= 0.3 is 0 Å². The van der Waals surface area contributed by atoms with Crippen molar-refractivity contribution in [3.05, 3.63) is 94.4 Å². The lowest BCUT2D eigenvalue weighted by molar-refractivity contribution is 0.103. The number of nitrogens with one attached hydrogen (secondary N) is 1. The van der Waals surface area contributed by atoms with Crippen LogP contribution in [0.3, 0.4) is 0 Å². The number of carbonyl (C=O) groups is 1. The van der Waals surface area contributed by atoms with Gasteiger partial charge in [-0.25, -0.2) is 0 Å². The number of aromatic amines is 1. The van der Waals surface area contributed by atoms with Crippen molar-refractivity contribution in [2.45, 2.75) is 25.9 Å². The number of H-pyrrole nitrogens is 1. The van der Waals surface area contributed by atoms with Gasteiger partial charge in [0.05, 0.1) is 17.2 Å². The van der Waals surface area contributed by atoms with E-state index in [1.165, 1.54) is 0 Å². The van der Waals surface area contributed by atoms with Gasteiger partial charge in [0.2, 0.25) is 0 Å². The van der Waals surface area contributed by atoms with Crippen LogP contribution in [0.15, 0.2) is 60.9 Å². The summed E-state index contributed by atoms with van der Waals surface area (Å²) in [5.74, 6) is 0.716. The lowest BCUT2D eigenvalue weighted by atomic mass is 9.71. The number of benzene rings is 2.